The molecular formula is C22H15F4N5O3S. The number of nitrogens with one attached hydrogen (secondary N) is 1. The highest BCUT2D eigenvalue weighted by molar-refractivity contribution is 7.99. The second kappa shape index (κ2) is 9.70. The monoisotopic (exact) mass is 505 g/mol. The predicted molar refractivity (Wildman–Crippen MR) is 119 cm³/mol. The number of hydrogen-bond acceptors (Lipinski definition) is 6. The predicted octanol–water partition coefficient (Wildman–Crippen LogP) is 6.22. The minimum atomic E-state index is -3.15. The van der Waals surface area contributed by atoms with Gasteiger partial charge in [-0.3, -0.25) is 14.9 Å². The number of benzene rings is 2. The summed E-state index contributed by atoms with van der Waals surface area (Å²) in [7, 11) is 0. The van der Waals surface area contributed by atoms with E-state index in [-0.39, 0.29) is 22.7 Å². The maximum Gasteiger partial charge on any atom is 0.280 e. The number of carbonyl (C=O) groups excluding carboxylic acids is 1. The number of nitrogens with zero attached hydrogens (tertiary/aromatic N) is 4. The lowest BCUT2D eigenvalue weighted by molar-refractivity contribution is -0.385. The van der Waals surface area contributed by atoms with Crippen LogP contribution in [0.1, 0.15) is 40.3 Å². The summed E-state index contributed by atoms with van der Waals surface area (Å²) in [6, 6.07) is 12.9. The van der Waals surface area contributed by atoms with Gasteiger partial charge in [0, 0.05) is 33.7 Å². The Morgan fingerprint density at radius 3 is 2.37 bits per heavy atom. The molecule has 0 saturated carbocycles. The lowest BCUT2D eigenvalue weighted by Gasteiger charge is -2.07. The topological polar surface area (TPSA) is 102 Å². The van der Waals surface area contributed by atoms with Gasteiger partial charge >= 0.3 is 0 Å². The van der Waals surface area contributed by atoms with Gasteiger partial charge in [-0.05, 0) is 31.2 Å². The molecule has 0 unspecified atom stereocenters. The molecule has 1 N–H and O–H groups in total. The molecular weight excluding hydrogens is 490 g/mol. The van der Waals surface area contributed by atoms with Gasteiger partial charge in [-0.2, -0.15) is 5.10 Å². The van der Waals surface area contributed by atoms with Crippen molar-refractivity contribution in [2.75, 3.05) is 5.32 Å². The van der Waals surface area contributed by atoms with Crippen LogP contribution in [0.3, 0.4) is 0 Å². The highest BCUT2D eigenvalue weighted by Gasteiger charge is 2.22. The third-order valence-electron chi connectivity index (χ3n) is 4.77. The van der Waals surface area contributed by atoms with E-state index in [1.165, 1.54) is 23.9 Å². The number of rotatable bonds is 7. The van der Waals surface area contributed by atoms with Crippen molar-refractivity contribution in [3.8, 4) is 0 Å². The van der Waals surface area contributed by atoms with Crippen LogP contribution in [0.5, 0.6) is 0 Å². The number of non-ortho nitro benzene ring substituents is 1. The number of aryl methyl sites for hydroxylation is 1. The van der Waals surface area contributed by atoms with E-state index in [0.29, 0.717) is 15.5 Å². The highest BCUT2D eigenvalue weighted by atomic mass is 32.2. The molecule has 0 aliphatic rings. The molecule has 0 aliphatic carbocycles. The van der Waals surface area contributed by atoms with Crippen LogP contribution in [0.15, 0.2) is 64.4 Å². The van der Waals surface area contributed by atoms with Crippen LogP contribution in [0, 0.1) is 17.0 Å². The zero-order valence-electron chi connectivity index (χ0n) is 17.8. The summed E-state index contributed by atoms with van der Waals surface area (Å²) in [6.45, 7) is 1.92. The van der Waals surface area contributed by atoms with E-state index >= 15 is 0 Å². The molecule has 0 aliphatic heterocycles. The fourth-order valence-corrected chi connectivity index (χ4v) is 4.06. The van der Waals surface area contributed by atoms with Crippen molar-refractivity contribution < 1.29 is 27.3 Å². The molecule has 0 bridgehead atoms. The zero-order chi connectivity index (χ0) is 25.3. The van der Waals surface area contributed by atoms with Gasteiger partial charge in [0.25, 0.3) is 24.4 Å². The summed E-state index contributed by atoms with van der Waals surface area (Å²) in [5.74, 6) is -0.888. The van der Waals surface area contributed by atoms with Crippen molar-refractivity contribution in [2.45, 2.75) is 29.6 Å². The number of amides is 1. The normalized spacial score (nSPS) is 11.4. The number of hydrogen-bond donors (Lipinski definition) is 1. The van der Waals surface area contributed by atoms with Gasteiger partial charge in [0.2, 0.25) is 0 Å². The van der Waals surface area contributed by atoms with Crippen LogP contribution in [0.25, 0.3) is 5.65 Å². The second-order valence-corrected chi connectivity index (χ2v) is 8.50. The maximum absolute atomic E-state index is 13.4. The van der Waals surface area contributed by atoms with Crippen molar-refractivity contribution in [2.24, 2.45) is 0 Å². The van der Waals surface area contributed by atoms with Crippen LogP contribution in [0.4, 0.5) is 28.9 Å². The number of aromatic nitrogens is 3. The first-order chi connectivity index (χ1) is 16.6. The van der Waals surface area contributed by atoms with E-state index in [4.69, 9.17) is 0 Å². The van der Waals surface area contributed by atoms with E-state index in [0.717, 1.165) is 22.6 Å². The first-order valence-corrected chi connectivity index (χ1v) is 10.7. The Bertz CT molecular complexity index is 1430. The van der Waals surface area contributed by atoms with Crippen molar-refractivity contribution >= 4 is 34.7 Å². The Labute approximate surface area is 199 Å². The van der Waals surface area contributed by atoms with Gasteiger partial charge in [-0.1, -0.05) is 29.5 Å². The molecule has 13 heteroatoms. The first kappa shape index (κ1) is 24.1. The number of fused-ring (bicyclic) bond motifs is 1. The summed E-state index contributed by atoms with van der Waals surface area (Å²) in [5.41, 5.74) is -1.66. The van der Waals surface area contributed by atoms with Gasteiger partial charge in [0.15, 0.2) is 11.3 Å². The Kier molecular flexibility index (Phi) is 6.69. The van der Waals surface area contributed by atoms with E-state index in [9.17, 15) is 32.5 Å². The standard InChI is InChI=1S/C22H15F4N5O3S/c1-11-2-4-14(5-3-11)35-15-7-12(6-13(8-15)31(33)34)27-22(32)17-10-19-28-16(20(23)24)9-18(21(25)26)30(19)29-17/h2-10,20-21H,1H3,(H,27,32). The van der Waals surface area contributed by atoms with Crippen LogP contribution < -0.4 is 5.32 Å². The van der Waals surface area contributed by atoms with Crippen LogP contribution >= 0.6 is 11.8 Å². The van der Waals surface area contributed by atoms with Crippen LogP contribution in [-0.2, 0) is 0 Å². The van der Waals surface area contributed by atoms with Crippen LogP contribution in [-0.4, -0.2) is 25.4 Å². The molecule has 0 saturated heterocycles. The molecule has 35 heavy (non-hydrogen) atoms. The summed E-state index contributed by atoms with van der Waals surface area (Å²) in [4.78, 5) is 28.4. The number of nitro benzene ring substituents is 1. The Balaban J connectivity index is 1.66. The average Bonchev–Trinajstić information content (AvgIpc) is 3.24. The molecule has 0 spiro atoms. The summed E-state index contributed by atoms with van der Waals surface area (Å²) in [5, 5.41) is 17.6. The lowest BCUT2D eigenvalue weighted by Crippen LogP contribution is -2.13. The summed E-state index contributed by atoms with van der Waals surface area (Å²) >= 11 is 1.24. The largest absolute Gasteiger partial charge is 0.320 e. The molecule has 4 aromatic rings. The first-order valence-electron chi connectivity index (χ1n) is 9.93. The number of anilines is 1. The Hall–Kier alpha value is -4.00. The molecule has 2 aromatic heterocycles. The Morgan fingerprint density at radius 2 is 1.74 bits per heavy atom. The minimum Gasteiger partial charge on any atom is -0.320 e. The van der Waals surface area contributed by atoms with Crippen molar-refractivity contribution in [1.82, 2.24) is 14.6 Å². The Morgan fingerprint density at radius 1 is 1.03 bits per heavy atom. The highest BCUT2D eigenvalue weighted by Crippen LogP contribution is 2.33. The number of halogens is 4. The third-order valence-corrected chi connectivity index (χ3v) is 5.75. The molecule has 180 valence electrons. The third kappa shape index (κ3) is 5.40. The van der Waals surface area contributed by atoms with Gasteiger partial charge < -0.3 is 5.32 Å². The maximum atomic E-state index is 13.4. The van der Waals surface area contributed by atoms with E-state index in [1.807, 2.05) is 31.2 Å². The molecule has 2 heterocycles. The van der Waals surface area contributed by atoms with Crippen LogP contribution in [0.2, 0.25) is 0 Å². The fraction of sp³-hybridized carbons (Fsp3) is 0.136. The van der Waals surface area contributed by atoms with Gasteiger partial charge in [0.05, 0.1) is 4.92 Å². The van der Waals surface area contributed by atoms with E-state index in [2.05, 4.69) is 15.4 Å². The molecule has 1 amide bonds. The van der Waals surface area contributed by atoms with Crippen molar-refractivity contribution in [3.05, 3.63) is 87.4 Å². The van der Waals surface area contributed by atoms with Crippen molar-refractivity contribution in [3.63, 3.8) is 0 Å². The second-order valence-electron chi connectivity index (χ2n) is 7.35. The summed E-state index contributed by atoms with van der Waals surface area (Å²) in [6.07, 6.45) is -6.24. The average molecular weight is 505 g/mol. The fourth-order valence-electron chi connectivity index (χ4n) is 3.15. The summed E-state index contributed by atoms with van der Waals surface area (Å²) < 4.78 is 53.4. The van der Waals surface area contributed by atoms with Gasteiger partial charge in [-0.15, -0.1) is 0 Å². The lowest BCUT2D eigenvalue weighted by atomic mass is 10.2. The molecule has 2 aromatic carbocycles. The molecule has 0 radical (unpaired) electrons. The van der Waals surface area contributed by atoms with Crippen molar-refractivity contribution in [1.29, 1.82) is 0 Å². The molecule has 4 rings (SSSR count). The smallest absolute Gasteiger partial charge is 0.280 e. The zero-order valence-corrected chi connectivity index (χ0v) is 18.6. The number of alkyl halides is 4. The molecule has 0 fully saturated rings. The number of carbonyl (C=O) groups is 1. The molecule has 0 atom stereocenters. The van der Waals surface area contributed by atoms with Gasteiger partial charge in [0.1, 0.15) is 11.4 Å². The minimum absolute atomic E-state index is 0.0613. The molecule has 8 nitrogen and oxygen atoms in total. The number of nitro groups is 1. The van der Waals surface area contributed by atoms with E-state index < -0.39 is 35.1 Å². The van der Waals surface area contributed by atoms with E-state index in [1.54, 1.807) is 0 Å². The quantitative estimate of drug-likeness (QED) is 0.182. The SMILES string of the molecule is Cc1ccc(Sc2cc(NC(=O)c3cc4nc(C(F)F)cc(C(F)F)n4n3)cc([N+](=O)[O-])c2)cc1. The van der Waals surface area contributed by atoms with Gasteiger partial charge in [-0.25, -0.2) is 27.1 Å².